The third kappa shape index (κ3) is 1.98. The Balaban J connectivity index is 3.39. The SMILES string of the molecule is NC(=O)c1ccccc1C(F)(F)C(F)(F)F. The minimum absolute atomic E-state index is 0.521. The van der Waals surface area contributed by atoms with E-state index in [1.807, 2.05) is 0 Å². The summed E-state index contributed by atoms with van der Waals surface area (Å²) in [5.41, 5.74) is 2.44. The number of hydrogen-bond donors (Lipinski definition) is 1. The number of nitrogens with two attached hydrogens (primary N) is 1. The molecule has 0 fully saturated rings. The van der Waals surface area contributed by atoms with Gasteiger partial charge in [0, 0.05) is 11.1 Å². The van der Waals surface area contributed by atoms with Crippen LogP contribution in [0.1, 0.15) is 15.9 Å². The van der Waals surface area contributed by atoms with Gasteiger partial charge in [0.2, 0.25) is 5.91 Å². The molecule has 0 saturated carbocycles. The van der Waals surface area contributed by atoms with Crippen LogP contribution in [0.15, 0.2) is 24.3 Å². The summed E-state index contributed by atoms with van der Waals surface area (Å²) in [6.45, 7) is 0. The van der Waals surface area contributed by atoms with Gasteiger partial charge in [-0.05, 0) is 6.07 Å². The molecule has 0 aromatic heterocycles. The van der Waals surface area contributed by atoms with Gasteiger partial charge in [0.25, 0.3) is 0 Å². The quantitative estimate of drug-likeness (QED) is 0.791. The van der Waals surface area contributed by atoms with Crippen molar-refractivity contribution in [2.45, 2.75) is 12.1 Å². The molecule has 1 aromatic rings. The molecule has 0 spiro atoms. The molecule has 88 valence electrons. The molecule has 0 heterocycles. The zero-order valence-corrected chi connectivity index (χ0v) is 7.68. The Morgan fingerprint density at radius 1 is 1.06 bits per heavy atom. The van der Waals surface area contributed by atoms with Gasteiger partial charge in [-0.15, -0.1) is 0 Å². The van der Waals surface area contributed by atoms with E-state index < -0.39 is 29.1 Å². The van der Waals surface area contributed by atoms with Crippen LogP contribution in [0.4, 0.5) is 22.0 Å². The van der Waals surface area contributed by atoms with Crippen LogP contribution < -0.4 is 5.73 Å². The van der Waals surface area contributed by atoms with Crippen LogP contribution in [0.25, 0.3) is 0 Å². The van der Waals surface area contributed by atoms with E-state index in [0.29, 0.717) is 6.07 Å². The topological polar surface area (TPSA) is 43.1 Å². The fourth-order valence-corrected chi connectivity index (χ4v) is 1.12. The minimum atomic E-state index is -5.77. The third-order valence-corrected chi connectivity index (χ3v) is 1.89. The molecule has 0 radical (unpaired) electrons. The van der Waals surface area contributed by atoms with Crippen molar-refractivity contribution < 1.29 is 26.7 Å². The monoisotopic (exact) mass is 239 g/mol. The number of carbonyl (C=O) groups excluding carboxylic acids is 1. The Bertz CT molecular complexity index is 413. The number of alkyl halides is 5. The smallest absolute Gasteiger partial charge is 0.366 e. The Morgan fingerprint density at radius 3 is 2.00 bits per heavy atom. The maximum absolute atomic E-state index is 13.0. The first kappa shape index (κ1) is 12.4. The lowest BCUT2D eigenvalue weighted by molar-refractivity contribution is -0.289. The Kier molecular flexibility index (Phi) is 2.89. The molecule has 0 saturated heterocycles. The first-order valence-corrected chi connectivity index (χ1v) is 4.02. The highest BCUT2D eigenvalue weighted by atomic mass is 19.4. The summed E-state index contributed by atoms with van der Waals surface area (Å²) in [7, 11) is 0. The predicted molar refractivity (Wildman–Crippen MR) is 44.9 cm³/mol. The van der Waals surface area contributed by atoms with Crippen LogP contribution in [-0.2, 0) is 5.92 Å². The predicted octanol–water partition coefficient (Wildman–Crippen LogP) is 2.44. The minimum Gasteiger partial charge on any atom is -0.366 e. The van der Waals surface area contributed by atoms with Gasteiger partial charge in [0.1, 0.15) is 0 Å². The number of benzene rings is 1. The highest BCUT2D eigenvalue weighted by Gasteiger charge is 2.59. The van der Waals surface area contributed by atoms with Crippen molar-refractivity contribution in [1.29, 1.82) is 0 Å². The Morgan fingerprint density at radius 2 is 1.56 bits per heavy atom. The molecule has 2 nitrogen and oxygen atoms in total. The normalized spacial score (nSPS) is 12.6. The lowest BCUT2D eigenvalue weighted by Crippen LogP contribution is -2.35. The van der Waals surface area contributed by atoms with Crippen LogP contribution in [0.3, 0.4) is 0 Å². The highest BCUT2D eigenvalue weighted by molar-refractivity contribution is 5.94. The number of amides is 1. The zero-order valence-electron chi connectivity index (χ0n) is 7.68. The molecular formula is C9H6F5NO. The maximum atomic E-state index is 13.0. The van der Waals surface area contributed by atoms with E-state index in [9.17, 15) is 26.7 Å². The van der Waals surface area contributed by atoms with E-state index in [0.717, 1.165) is 18.2 Å². The van der Waals surface area contributed by atoms with Crippen LogP contribution >= 0.6 is 0 Å². The van der Waals surface area contributed by atoms with Crippen molar-refractivity contribution in [3.05, 3.63) is 35.4 Å². The average Bonchev–Trinajstić information content (AvgIpc) is 2.16. The summed E-state index contributed by atoms with van der Waals surface area (Å²) in [6, 6.07) is 3.46. The van der Waals surface area contributed by atoms with Gasteiger partial charge in [-0.1, -0.05) is 18.2 Å². The molecule has 0 aliphatic carbocycles. The summed E-state index contributed by atoms with van der Waals surface area (Å²) in [5, 5.41) is 0. The standard InChI is InChI=1S/C9H6F5NO/c10-8(11,9(12,13)14)6-4-2-1-3-5(6)7(15)16/h1-4H,(H2,15,16). The van der Waals surface area contributed by atoms with Crippen molar-refractivity contribution in [2.75, 3.05) is 0 Å². The second-order valence-corrected chi connectivity index (χ2v) is 2.98. The zero-order chi connectivity index (χ0) is 12.6. The highest BCUT2D eigenvalue weighted by Crippen LogP contribution is 2.44. The van der Waals surface area contributed by atoms with Crippen LogP contribution in [0, 0.1) is 0 Å². The van der Waals surface area contributed by atoms with Gasteiger partial charge in [0.15, 0.2) is 0 Å². The van der Waals surface area contributed by atoms with Crippen LogP contribution in [0.2, 0.25) is 0 Å². The first-order valence-electron chi connectivity index (χ1n) is 4.02. The van der Waals surface area contributed by atoms with E-state index in [-0.39, 0.29) is 0 Å². The lowest BCUT2D eigenvalue weighted by atomic mass is 10.0. The summed E-state index contributed by atoms with van der Waals surface area (Å²) < 4.78 is 62.1. The van der Waals surface area contributed by atoms with E-state index in [1.165, 1.54) is 0 Å². The van der Waals surface area contributed by atoms with E-state index >= 15 is 0 Å². The van der Waals surface area contributed by atoms with Crippen molar-refractivity contribution in [3.8, 4) is 0 Å². The van der Waals surface area contributed by atoms with Crippen molar-refractivity contribution in [1.82, 2.24) is 0 Å². The summed E-state index contributed by atoms with van der Waals surface area (Å²) in [4.78, 5) is 10.7. The second kappa shape index (κ2) is 3.73. The second-order valence-electron chi connectivity index (χ2n) is 2.98. The molecule has 7 heteroatoms. The molecule has 16 heavy (non-hydrogen) atoms. The largest absolute Gasteiger partial charge is 0.458 e. The molecule has 1 aromatic carbocycles. The van der Waals surface area contributed by atoms with Gasteiger partial charge < -0.3 is 5.73 Å². The van der Waals surface area contributed by atoms with Crippen LogP contribution in [0.5, 0.6) is 0 Å². The maximum Gasteiger partial charge on any atom is 0.458 e. The number of halogens is 5. The number of rotatable bonds is 2. The average molecular weight is 239 g/mol. The Hall–Kier alpha value is -1.66. The van der Waals surface area contributed by atoms with Gasteiger partial charge in [-0.2, -0.15) is 22.0 Å². The lowest BCUT2D eigenvalue weighted by Gasteiger charge is -2.21. The molecule has 2 N–H and O–H groups in total. The van der Waals surface area contributed by atoms with Gasteiger partial charge in [-0.25, -0.2) is 0 Å². The van der Waals surface area contributed by atoms with Gasteiger partial charge in [-0.3, -0.25) is 4.79 Å². The Labute approximate surface area is 86.9 Å². The fourth-order valence-electron chi connectivity index (χ4n) is 1.12. The molecule has 1 rings (SSSR count). The summed E-state index contributed by atoms with van der Waals surface area (Å²) >= 11 is 0. The molecule has 0 atom stereocenters. The molecule has 1 amide bonds. The van der Waals surface area contributed by atoms with E-state index in [2.05, 4.69) is 0 Å². The van der Waals surface area contributed by atoms with E-state index in [1.54, 1.807) is 0 Å². The number of carbonyl (C=O) groups is 1. The van der Waals surface area contributed by atoms with Crippen LogP contribution in [-0.4, -0.2) is 12.1 Å². The molecule has 0 aliphatic rings. The molecule has 0 bridgehead atoms. The van der Waals surface area contributed by atoms with Crippen molar-refractivity contribution in [2.24, 2.45) is 5.73 Å². The summed E-state index contributed by atoms with van der Waals surface area (Å²) in [5.74, 6) is -6.43. The number of primary amides is 1. The molecular weight excluding hydrogens is 233 g/mol. The first-order chi connectivity index (χ1) is 7.18. The summed E-state index contributed by atoms with van der Waals surface area (Å²) in [6.07, 6.45) is -5.77. The van der Waals surface area contributed by atoms with Gasteiger partial charge >= 0.3 is 12.1 Å². The third-order valence-electron chi connectivity index (χ3n) is 1.89. The van der Waals surface area contributed by atoms with Crippen molar-refractivity contribution in [3.63, 3.8) is 0 Å². The fraction of sp³-hybridized carbons (Fsp3) is 0.222. The van der Waals surface area contributed by atoms with E-state index in [4.69, 9.17) is 5.73 Å². The number of hydrogen-bond acceptors (Lipinski definition) is 1. The van der Waals surface area contributed by atoms with Crippen molar-refractivity contribution >= 4 is 5.91 Å². The molecule has 0 aliphatic heterocycles. The molecule has 0 unspecified atom stereocenters. The van der Waals surface area contributed by atoms with Gasteiger partial charge in [0.05, 0.1) is 0 Å².